The van der Waals surface area contributed by atoms with Crippen LogP contribution in [0.3, 0.4) is 0 Å². The first kappa shape index (κ1) is 33.9. The predicted octanol–water partition coefficient (Wildman–Crippen LogP) is 8.83. The zero-order valence-electron chi connectivity index (χ0n) is 22.9. The third kappa shape index (κ3) is 11.3. The smallest absolute Gasteiger partial charge is 0.206 e. The number of hydrogen-bond donors (Lipinski definition) is 0. The van der Waals surface area contributed by atoms with Crippen molar-refractivity contribution in [3.8, 4) is 0 Å². The second kappa shape index (κ2) is 19.1. The first-order valence-electron chi connectivity index (χ1n) is 12.1. The Bertz CT molecular complexity index is 1240. The number of allylic oxidation sites excluding steroid dienone is 17. The molecular weight excluding hydrogens is 492 g/mol. The molecule has 0 N–H and O–H groups in total. The quantitative estimate of drug-likeness (QED) is 0.131. The van der Waals surface area contributed by atoms with Crippen molar-refractivity contribution in [3.05, 3.63) is 169 Å². The van der Waals surface area contributed by atoms with Crippen molar-refractivity contribution in [1.82, 2.24) is 0 Å². The van der Waals surface area contributed by atoms with Gasteiger partial charge in [-0.1, -0.05) is 95.9 Å². The monoisotopic (exact) mass is 532 g/mol. The molecule has 0 aliphatic carbocycles. The van der Waals surface area contributed by atoms with Gasteiger partial charge < -0.3 is 9.47 Å². The summed E-state index contributed by atoms with van der Waals surface area (Å²) >= 11 is 0. The largest absolute Gasteiger partial charge is 0.497 e. The summed E-state index contributed by atoms with van der Waals surface area (Å²) in [6.45, 7) is 26.5. The number of rotatable bonds is 18. The standard InChI is InChI=1S/C33H40O4S/c1-10-18-19-20-27(11-2)28(12-3)21-22-30(14-5)37-31(15-6)24-26-33(17-8)38(34,35)32(16-7)25-23-29(13-4)36-9/h12-26H,3-8,10-11H2,1-2,9H3/b19-18-,27-20+,28-21+,29-23+,30-22+,31-24+,32-25+,33-26+. The fourth-order valence-electron chi connectivity index (χ4n) is 2.86. The van der Waals surface area contributed by atoms with E-state index in [1.807, 2.05) is 12.2 Å². The molecular formula is C33H40O4S. The van der Waals surface area contributed by atoms with Crippen molar-refractivity contribution in [3.63, 3.8) is 0 Å². The number of sulfone groups is 1. The van der Waals surface area contributed by atoms with Gasteiger partial charge in [0.25, 0.3) is 0 Å². The lowest BCUT2D eigenvalue weighted by molar-refractivity contribution is 0.307. The maximum Gasteiger partial charge on any atom is 0.206 e. The highest BCUT2D eigenvalue weighted by atomic mass is 32.2. The molecule has 0 aromatic rings. The Labute approximate surface area is 230 Å². The molecule has 0 spiro atoms. The van der Waals surface area contributed by atoms with Crippen molar-refractivity contribution in [2.24, 2.45) is 0 Å². The number of ether oxygens (including phenoxy) is 2. The topological polar surface area (TPSA) is 52.6 Å². The minimum Gasteiger partial charge on any atom is -0.497 e. The number of hydrogen-bond acceptors (Lipinski definition) is 4. The third-order valence-electron chi connectivity index (χ3n) is 4.99. The molecule has 38 heavy (non-hydrogen) atoms. The summed E-state index contributed by atoms with van der Waals surface area (Å²) in [5.74, 6) is 1.16. The van der Waals surface area contributed by atoms with Crippen LogP contribution in [0.15, 0.2) is 169 Å². The summed E-state index contributed by atoms with van der Waals surface area (Å²) in [5, 5.41) is 0. The molecule has 0 fully saturated rings. The average molecular weight is 533 g/mol. The van der Waals surface area contributed by atoms with Gasteiger partial charge in [0.15, 0.2) is 0 Å². The molecule has 202 valence electrons. The third-order valence-corrected chi connectivity index (χ3v) is 6.84. The molecule has 0 bridgehead atoms. The van der Waals surface area contributed by atoms with E-state index in [2.05, 4.69) is 65.5 Å². The van der Waals surface area contributed by atoms with E-state index < -0.39 is 9.84 Å². The van der Waals surface area contributed by atoms with E-state index in [0.29, 0.717) is 17.3 Å². The molecule has 0 amide bonds. The zero-order chi connectivity index (χ0) is 29.0. The fourth-order valence-corrected chi connectivity index (χ4v) is 4.06. The molecule has 0 aromatic heterocycles. The maximum atomic E-state index is 13.1. The van der Waals surface area contributed by atoms with E-state index in [0.717, 1.165) is 24.0 Å². The Morgan fingerprint density at radius 2 is 1.16 bits per heavy atom. The SMILES string of the molecule is C=C/C(=C\C=C(/C=C)S(=O)(=O)/C(C=C)=C/C=C(\C=C)O/C(C=C)=C/C=C(C=C)/C(=C/C=C\CC)CC)OC. The molecule has 0 aliphatic heterocycles. The lowest BCUT2D eigenvalue weighted by Gasteiger charge is -2.08. The molecule has 4 nitrogen and oxygen atoms in total. The molecule has 0 aromatic carbocycles. The Morgan fingerprint density at radius 3 is 1.55 bits per heavy atom. The minimum absolute atomic E-state index is 0.0307. The lowest BCUT2D eigenvalue weighted by atomic mass is 10.0. The highest BCUT2D eigenvalue weighted by molar-refractivity contribution is 7.99. The van der Waals surface area contributed by atoms with E-state index in [-0.39, 0.29) is 9.81 Å². The van der Waals surface area contributed by atoms with Crippen molar-refractivity contribution >= 4 is 9.84 Å². The van der Waals surface area contributed by atoms with Crippen LogP contribution in [0.25, 0.3) is 0 Å². The normalized spacial score (nSPS) is 14.7. The Morgan fingerprint density at radius 1 is 0.658 bits per heavy atom. The van der Waals surface area contributed by atoms with E-state index in [4.69, 9.17) is 9.47 Å². The van der Waals surface area contributed by atoms with Gasteiger partial charge in [-0.2, -0.15) is 0 Å². The second-order valence-corrected chi connectivity index (χ2v) is 9.33. The van der Waals surface area contributed by atoms with Gasteiger partial charge in [-0.15, -0.1) is 0 Å². The Kier molecular flexibility index (Phi) is 17.0. The van der Waals surface area contributed by atoms with E-state index in [1.165, 1.54) is 55.7 Å². The van der Waals surface area contributed by atoms with Gasteiger partial charge in [-0.25, -0.2) is 8.42 Å². The van der Waals surface area contributed by atoms with Crippen molar-refractivity contribution in [1.29, 1.82) is 0 Å². The Balaban J connectivity index is 6.30. The van der Waals surface area contributed by atoms with E-state index in [9.17, 15) is 8.42 Å². The molecule has 0 unspecified atom stereocenters. The highest BCUT2D eigenvalue weighted by Crippen LogP contribution is 2.21. The van der Waals surface area contributed by atoms with E-state index in [1.54, 1.807) is 18.2 Å². The van der Waals surface area contributed by atoms with E-state index >= 15 is 0 Å². The van der Waals surface area contributed by atoms with Gasteiger partial charge >= 0.3 is 0 Å². The molecule has 0 radical (unpaired) electrons. The first-order valence-corrected chi connectivity index (χ1v) is 13.5. The molecule has 0 saturated heterocycles. The van der Waals surface area contributed by atoms with Crippen LogP contribution in [0.2, 0.25) is 0 Å². The second-order valence-electron chi connectivity index (χ2n) is 7.38. The maximum absolute atomic E-state index is 13.1. The van der Waals surface area contributed by atoms with Crippen LogP contribution in [-0.2, 0) is 19.3 Å². The average Bonchev–Trinajstić information content (AvgIpc) is 2.92. The van der Waals surface area contributed by atoms with Crippen LogP contribution in [-0.4, -0.2) is 15.5 Å². The number of methoxy groups -OCH3 is 1. The molecule has 0 aliphatic rings. The highest BCUT2D eigenvalue weighted by Gasteiger charge is 2.18. The summed E-state index contributed by atoms with van der Waals surface area (Å²) < 4.78 is 37.2. The van der Waals surface area contributed by atoms with Gasteiger partial charge in [-0.05, 0) is 72.6 Å². The van der Waals surface area contributed by atoms with Gasteiger partial charge in [0, 0.05) is 0 Å². The van der Waals surface area contributed by atoms with Crippen molar-refractivity contribution in [2.75, 3.05) is 7.11 Å². The van der Waals surface area contributed by atoms with Crippen molar-refractivity contribution in [2.45, 2.75) is 26.7 Å². The van der Waals surface area contributed by atoms with Gasteiger partial charge in [0.05, 0.1) is 16.9 Å². The van der Waals surface area contributed by atoms with Crippen LogP contribution in [0.5, 0.6) is 0 Å². The molecule has 0 heterocycles. The van der Waals surface area contributed by atoms with Crippen LogP contribution in [0.4, 0.5) is 0 Å². The summed E-state index contributed by atoms with van der Waals surface area (Å²) in [6, 6.07) is 0. The van der Waals surface area contributed by atoms with Gasteiger partial charge in [0.1, 0.15) is 17.3 Å². The van der Waals surface area contributed by atoms with Crippen LogP contribution in [0, 0.1) is 0 Å². The molecule has 5 heteroatoms. The van der Waals surface area contributed by atoms with Crippen LogP contribution in [0.1, 0.15) is 26.7 Å². The summed E-state index contributed by atoms with van der Waals surface area (Å²) in [7, 11) is -2.45. The fraction of sp³-hybridized carbons (Fsp3) is 0.152. The van der Waals surface area contributed by atoms with Crippen LogP contribution >= 0.6 is 0 Å². The molecule has 0 rings (SSSR count). The van der Waals surface area contributed by atoms with Gasteiger partial charge in [-0.3, -0.25) is 0 Å². The summed E-state index contributed by atoms with van der Waals surface area (Å²) in [6.07, 6.45) is 26.1. The minimum atomic E-state index is -3.91. The first-order chi connectivity index (χ1) is 18.2. The molecule has 0 saturated carbocycles. The van der Waals surface area contributed by atoms with Crippen LogP contribution < -0.4 is 0 Å². The van der Waals surface area contributed by atoms with Crippen molar-refractivity contribution < 1.29 is 17.9 Å². The summed E-state index contributed by atoms with van der Waals surface area (Å²) in [4.78, 5) is -0.0785. The lowest BCUT2D eigenvalue weighted by Crippen LogP contribution is -2.04. The summed E-state index contributed by atoms with van der Waals surface area (Å²) in [5.41, 5.74) is 2.07. The zero-order valence-corrected chi connectivity index (χ0v) is 23.7. The Hall–Kier alpha value is -4.09. The van der Waals surface area contributed by atoms with Gasteiger partial charge in [0.2, 0.25) is 9.84 Å². The predicted molar refractivity (Wildman–Crippen MR) is 164 cm³/mol. The molecule has 0 atom stereocenters.